The molecule has 0 atom stereocenters. The lowest BCUT2D eigenvalue weighted by Crippen LogP contribution is -2.29. The van der Waals surface area contributed by atoms with Crippen LogP contribution < -0.4 is 0 Å². The zero-order valence-corrected chi connectivity index (χ0v) is 17.1. The van der Waals surface area contributed by atoms with Crippen LogP contribution in [0.25, 0.3) is 10.9 Å². The first kappa shape index (κ1) is 18.2. The topological polar surface area (TPSA) is 33.2 Å². The summed E-state index contributed by atoms with van der Waals surface area (Å²) in [7, 11) is 0. The molecule has 136 valence electrons. The van der Waals surface area contributed by atoms with Crippen molar-refractivity contribution in [1.29, 1.82) is 0 Å². The number of pyridine rings is 1. The number of halogens is 1. The van der Waals surface area contributed by atoms with E-state index < -0.39 is 0 Å². The average molecular weight is 413 g/mol. The second kappa shape index (κ2) is 7.80. The highest BCUT2D eigenvalue weighted by molar-refractivity contribution is 7.12. The van der Waals surface area contributed by atoms with Crippen LogP contribution in [0, 0.1) is 6.92 Å². The number of hydrogen-bond donors (Lipinski definition) is 0. The molecule has 3 heterocycles. The van der Waals surface area contributed by atoms with E-state index in [1.807, 2.05) is 58.1 Å². The Morgan fingerprint density at radius 1 is 1.07 bits per heavy atom. The van der Waals surface area contributed by atoms with Crippen LogP contribution >= 0.6 is 34.3 Å². The lowest BCUT2D eigenvalue weighted by Gasteiger charge is -2.22. The smallest absolute Gasteiger partial charge is 0.264 e. The summed E-state index contributed by atoms with van der Waals surface area (Å²) in [5.41, 5.74) is 2.89. The molecule has 4 aromatic rings. The number of benzene rings is 1. The van der Waals surface area contributed by atoms with Crippen LogP contribution in [-0.4, -0.2) is 15.8 Å². The van der Waals surface area contributed by atoms with E-state index in [-0.39, 0.29) is 5.91 Å². The largest absolute Gasteiger partial charge is 0.328 e. The predicted octanol–water partition coefficient (Wildman–Crippen LogP) is 6.16. The lowest BCUT2D eigenvalue weighted by atomic mass is 10.1. The zero-order chi connectivity index (χ0) is 18.8. The maximum absolute atomic E-state index is 13.0. The Morgan fingerprint density at radius 3 is 2.63 bits per heavy atom. The maximum Gasteiger partial charge on any atom is 0.264 e. The lowest BCUT2D eigenvalue weighted by molar-refractivity contribution is 0.0737. The molecule has 0 aliphatic rings. The Bertz CT molecular complexity index is 1080. The summed E-state index contributed by atoms with van der Waals surface area (Å²) in [4.78, 5) is 21.3. The molecule has 0 aliphatic carbocycles. The quantitative estimate of drug-likeness (QED) is 0.367. The van der Waals surface area contributed by atoms with Gasteiger partial charge >= 0.3 is 0 Å². The first-order valence-corrected chi connectivity index (χ1v) is 10.6. The number of fused-ring (bicyclic) bond motifs is 1. The van der Waals surface area contributed by atoms with E-state index >= 15 is 0 Å². The number of rotatable bonds is 5. The maximum atomic E-state index is 13.0. The fourth-order valence-electron chi connectivity index (χ4n) is 2.98. The number of hydrogen-bond acceptors (Lipinski definition) is 4. The van der Waals surface area contributed by atoms with Gasteiger partial charge in [-0.15, -0.1) is 22.7 Å². The van der Waals surface area contributed by atoms with E-state index in [4.69, 9.17) is 11.6 Å². The van der Waals surface area contributed by atoms with E-state index in [1.54, 1.807) is 11.3 Å². The summed E-state index contributed by atoms with van der Waals surface area (Å²) in [5, 5.41) is 5.43. The minimum absolute atomic E-state index is 0.0128. The molecule has 27 heavy (non-hydrogen) atoms. The van der Waals surface area contributed by atoms with Gasteiger partial charge in [0.05, 0.1) is 16.9 Å². The summed E-state index contributed by atoms with van der Waals surface area (Å²) < 4.78 is 0. The van der Waals surface area contributed by atoms with Crippen molar-refractivity contribution in [3.63, 3.8) is 0 Å². The van der Waals surface area contributed by atoms with Crippen molar-refractivity contribution in [3.8, 4) is 0 Å². The van der Waals surface area contributed by atoms with Crippen molar-refractivity contribution in [2.24, 2.45) is 0 Å². The van der Waals surface area contributed by atoms with Crippen molar-refractivity contribution < 1.29 is 4.79 Å². The normalized spacial score (nSPS) is 11.0. The number of aromatic nitrogens is 1. The number of thiophene rings is 2. The number of carbonyl (C=O) groups excluding carboxylic acids is 1. The fourth-order valence-corrected chi connectivity index (χ4v) is 4.59. The van der Waals surface area contributed by atoms with E-state index in [2.05, 4.69) is 18.0 Å². The molecule has 0 saturated heterocycles. The van der Waals surface area contributed by atoms with Crippen molar-refractivity contribution in [3.05, 3.63) is 85.3 Å². The molecular formula is C21H17ClN2OS2. The molecule has 1 aromatic carbocycles. The molecule has 4 rings (SSSR count). The van der Waals surface area contributed by atoms with Crippen molar-refractivity contribution in [1.82, 2.24) is 9.88 Å². The highest BCUT2D eigenvalue weighted by atomic mass is 35.5. The first-order chi connectivity index (χ1) is 13.1. The first-order valence-electron chi connectivity index (χ1n) is 8.51. The molecule has 0 spiro atoms. The van der Waals surface area contributed by atoms with Gasteiger partial charge < -0.3 is 4.90 Å². The monoisotopic (exact) mass is 412 g/mol. The molecule has 0 fully saturated rings. The van der Waals surface area contributed by atoms with Crippen LogP contribution in [0.1, 0.15) is 25.7 Å². The standard InChI is InChI=1S/C21H17ClN2OS2/c1-14-6-7-18-15(10-14)11-16(20(22)23-18)12-24(13-17-4-2-8-26-17)21(25)19-5-3-9-27-19/h2-11H,12-13H2,1H3. The number of carbonyl (C=O) groups is 1. The Kier molecular flexibility index (Phi) is 5.25. The SMILES string of the molecule is Cc1ccc2nc(Cl)c(CN(Cc3cccs3)C(=O)c3cccs3)cc2c1. The summed E-state index contributed by atoms with van der Waals surface area (Å²) in [6, 6.07) is 15.9. The third-order valence-electron chi connectivity index (χ3n) is 4.30. The number of amides is 1. The predicted molar refractivity (Wildman–Crippen MR) is 114 cm³/mol. The van der Waals surface area contributed by atoms with Crippen molar-refractivity contribution in [2.75, 3.05) is 0 Å². The van der Waals surface area contributed by atoms with Gasteiger partial charge in [0.2, 0.25) is 0 Å². The van der Waals surface area contributed by atoms with Gasteiger partial charge in [-0.1, -0.05) is 35.4 Å². The summed E-state index contributed by atoms with van der Waals surface area (Å²) in [6.07, 6.45) is 0. The van der Waals surface area contributed by atoms with Crippen LogP contribution in [0.3, 0.4) is 0 Å². The van der Waals surface area contributed by atoms with Gasteiger partial charge in [0.25, 0.3) is 5.91 Å². The molecule has 0 unspecified atom stereocenters. The molecule has 0 saturated carbocycles. The molecule has 3 nitrogen and oxygen atoms in total. The second-order valence-electron chi connectivity index (χ2n) is 6.35. The van der Waals surface area contributed by atoms with E-state index in [0.717, 1.165) is 26.2 Å². The Balaban J connectivity index is 1.69. The summed E-state index contributed by atoms with van der Waals surface area (Å²) in [6.45, 7) is 3.03. The van der Waals surface area contributed by atoms with Crippen LogP contribution in [0.15, 0.2) is 59.3 Å². The van der Waals surface area contributed by atoms with Crippen LogP contribution in [0.5, 0.6) is 0 Å². The van der Waals surface area contributed by atoms with E-state index in [1.165, 1.54) is 16.9 Å². The number of nitrogens with zero attached hydrogens (tertiary/aromatic N) is 2. The van der Waals surface area contributed by atoms with Gasteiger partial charge in [-0.25, -0.2) is 4.98 Å². The molecule has 0 aliphatic heterocycles. The summed E-state index contributed by atoms with van der Waals surface area (Å²) in [5.74, 6) is 0.0128. The Hall–Kier alpha value is -2.21. The van der Waals surface area contributed by atoms with Crippen molar-refractivity contribution in [2.45, 2.75) is 20.0 Å². The Morgan fingerprint density at radius 2 is 1.89 bits per heavy atom. The van der Waals surface area contributed by atoms with Gasteiger partial charge in [-0.3, -0.25) is 4.79 Å². The average Bonchev–Trinajstić information content (AvgIpc) is 3.35. The molecular weight excluding hydrogens is 396 g/mol. The van der Waals surface area contributed by atoms with Crippen LogP contribution in [-0.2, 0) is 13.1 Å². The van der Waals surface area contributed by atoms with E-state index in [9.17, 15) is 4.79 Å². The fraction of sp³-hybridized carbons (Fsp3) is 0.143. The van der Waals surface area contributed by atoms with Gasteiger partial charge in [-0.2, -0.15) is 0 Å². The Labute approximate surface area is 170 Å². The van der Waals surface area contributed by atoms with Crippen LogP contribution in [0.4, 0.5) is 0 Å². The van der Waals surface area contributed by atoms with Gasteiger partial charge in [-0.05, 0) is 48.0 Å². The second-order valence-corrected chi connectivity index (χ2v) is 8.69. The minimum Gasteiger partial charge on any atom is -0.328 e. The van der Waals surface area contributed by atoms with Gasteiger partial charge in [0.15, 0.2) is 0 Å². The van der Waals surface area contributed by atoms with Gasteiger partial charge in [0, 0.05) is 22.4 Å². The highest BCUT2D eigenvalue weighted by Gasteiger charge is 2.20. The molecule has 0 radical (unpaired) electrons. The van der Waals surface area contributed by atoms with Gasteiger partial charge in [0.1, 0.15) is 5.15 Å². The summed E-state index contributed by atoms with van der Waals surface area (Å²) >= 11 is 9.56. The minimum atomic E-state index is 0.0128. The molecule has 0 bridgehead atoms. The molecule has 1 amide bonds. The highest BCUT2D eigenvalue weighted by Crippen LogP contribution is 2.25. The third kappa shape index (κ3) is 4.05. The van der Waals surface area contributed by atoms with Crippen molar-refractivity contribution >= 4 is 51.1 Å². The number of aryl methyl sites for hydroxylation is 1. The molecule has 0 N–H and O–H groups in total. The molecule has 3 aromatic heterocycles. The third-order valence-corrected chi connectivity index (χ3v) is 6.35. The zero-order valence-electron chi connectivity index (χ0n) is 14.7. The van der Waals surface area contributed by atoms with E-state index in [0.29, 0.717) is 18.2 Å². The molecule has 6 heteroatoms. The van der Waals surface area contributed by atoms with Crippen LogP contribution in [0.2, 0.25) is 5.15 Å².